The Labute approximate surface area is 84.3 Å². The number of halogens is 4. The summed E-state index contributed by atoms with van der Waals surface area (Å²) in [5, 5.41) is 8.91. The van der Waals surface area contributed by atoms with E-state index in [0.717, 1.165) is 12.1 Å². The summed E-state index contributed by atoms with van der Waals surface area (Å²) in [6.07, 6.45) is -6.98. The van der Waals surface area contributed by atoms with E-state index in [1.807, 2.05) is 0 Å². The number of hydrogen-bond acceptors (Lipinski definition) is 1. The van der Waals surface area contributed by atoms with Gasteiger partial charge in [-0.25, -0.2) is 4.39 Å². The largest absolute Gasteiger partial charge is 0.418 e. The number of benzene rings is 1. The van der Waals surface area contributed by atoms with Crippen molar-refractivity contribution in [2.75, 3.05) is 0 Å². The van der Waals surface area contributed by atoms with Gasteiger partial charge < -0.3 is 5.11 Å². The summed E-state index contributed by atoms with van der Waals surface area (Å²) in [7, 11) is 0. The van der Waals surface area contributed by atoms with Crippen LogP contribution in [0.4, 0.5) is 17.6 Å². The number of aryl methyl sites for hydroxylation is 1. The third kappa shape index (κ3) is 2.92. The molecule has 0 bridgehead atoms. The molecular formula is C10H10F4O. The fraction of sp³-hybridized carbons (Fsp3) is 0.400. The lowest BCUT2D eigenvalue weighted by molar-refractivity contribution is -0.206. The minimum atomic E-state index is -4.77. The van der Waals surface area contributed by atoms with Gasteiger partial charge >= 0.3 is 6.18 Å². The van der Waals surface area contributed by atoms with Crippen LogP contribution in [0, 0.1) is 5.82 Å². The molecule has 0 aliphatic heterocycles. The normalized spacial score (nSPS) is 14.0. The van der Waals surface area contributed by atoms with E-state index in [-0.39, 0.29) is 0 Å². The van der Waals surface area contributed by atoms with Gasteiger partial charge in [-0.15, -0.1) is 0 Å². The lowest BCUT2D eigenvalue weighted by Crippen LogP contribution is -2.20. The van der Waals surface area contributed by atoms with Gasteiger partial charge in [-0.3, -0.25) is 0 Å². The van der Waals surface area contributed by atoms with E-state index in [2.05, 4.69) is 0 Å². The Morgan fingerprint density at radius 2 is 1.87 bits per heavy atom. The zero-order valence-corrected chi connectivity index (χ0v) is 7.98. The highest BCUT2D eigenvalue weighted by atomic mass is 19.4. The maximum Gasteiger partial charge on any atom is 0.418 e. The van der Waals surface area contributed by atoms with Crippen LogP contribution >= 0.6 is 0 Å². The van der Waals surface area contributed by atoms with Gasteiger partial charge in [-0.1, -0.05) is 13.0 Å². The molecule has 5 heteroatoms. The van der Waals surface area contributed by atoms with Crippen LogP contribution in [0.2, 0.25) is 0 Å². The average molecular weight is 222 g/mol. The Kier molecular flexibility index (Phi) is 3.34. The Bertz CT molecular complexity index is 346. The second kappa shape index (κ2) is 4.18. The molecule has 0 aromatic heterocycles. The molecule has 1 N–H and O–H groups in total. The predicted octanol–water partition coefficient (Wildman–Crippen LogP) is 2.98. The predicted molar refractivity (Wildman–Crippen MR) is 46.8 cm³/mol. The molecule has 0 heterocycles. The molecule has 84 valence electrons. The van der Waals surface area contributed by atoms with Crippen LogP contribution in [0.3, 0.4) is 0 Å². The summed E-state index contributed by atoms with van der Waals surface area (Å²) in [5.74, 6) is -0.771. The molecule has 0 aliphatic carbocycles. The summed E-state index contributed by atoms with van der Waals surface area (Å²) in [6, 6.07) is 2.99. The van der Waals surface area contributed by atoms with Gasteiger partial charge in [0.05, 0.1) is 0 Å². The highest BCUT2D eigenvalue weighted by Crippen LogP contribution is 2.33. The van der Waals surface area contributed by atoms with Crippen molar-refractivity contribution in [3.05, 3.63) is 35.1 Å². The average Bonchev–Trinajstić information content (AvgIpc) is 2.14. The number of rotatable bonds is 2. The minimum Gasteiger partial charge on any atom is -0.379 e. The van der Waals surface area contributed by atoms with Gasteiger partial charge in [0, 0.05) is 0 Å². The maximum absolute atomic E-state index is 12.9. The Balaban J connectivity index is 3.09. The van der Waals surface area contributed by atoms with Crippen molar-refractivity contribution in [3.8, 4) is 0 Å². The van der Waals surface area contributed by atoms with Crippen molar-refractivity contribution in [1.82, 2.24) is 0 Å². The van der Waals surface area contributed by atoms with E-state index in [1.165, 1.54) is 0 Å². The molecule has 1 nitrogen and oxygen atoms in total. The molecule has 0 aliphatic rings. The van der Waals surface area contributed by atoms with Crippen molar-refractivity contribution >= 4 is 0 Å². The monoisotopic (exact) mass is 222 g/mol. The van der Waals surface area contributed by atoms with Crippen LogP contribution in [-0.4, -0.2) is 11.3 Å². The summed E-state index contributed by atoms with van der Waals surface area (Å²) < 4.78 is 49.3. The summed E-state index contributed by atoms with van der Waals surface area (Å²) in [5.41, 5.74) is -0.0346. The van der Waals surface area contributed by atoms with E-state index < -0.39 is 23.7 Å². The van der Waals surface area contributed by atoms with Crippen molar-refractivity contribution in [3.63, 3.8) is 0 Å². The molecule has 0 saturated carbocycles. The molecule has 0 amide bonds. The molecule has 1 rings (SSSR count). The fourth-order valence-electron chi connectivity index (χ4n) is 1.23. The van der Waals surface area contributed by atoms with Gasteiger partial charge in [-0.05, 0) is 29.7 Å². The van der Waals surface area contributed by atoms with Crippen molar-refractivity contribution in [2.45, 2.75) is 25.6 Å². The number of hydrogen-bond donors (Lipinski definition) is 1. The molecule has 0 radical (unpaired) electrons. The Hall–Kier alpha value is -1.10. The lowest BCUT2D eigenvalue weighted by Gasteiger charge is -2.15. The van der Waals surface area contributed by atoms with Gasteiger partial charge in [0.2, 0.25) is 0 Å². The van der Waals surface area contributed by atoms with Crippen LogP contribution in [0.1, 0.15) is 24.2 Å². The fourth-order valence-corrected chi connectivity index (χ4v) is 1.23. The lowest BCUT2D eigenvalue weighted by atomic mass is 10.0. The third-order valence-corrected chi connectivity index (χ3v) is 2.01. The van der Waals surface area contributed by atoms with Gasteiger partial charge in [-0.2, -0.15) is 13.2 Å². The highest BCUT2D eigenvalue weighted by molar-refractivity contribution is 5.27. The third-order valence-electron chi connectivity index (χ3n) is 2.01. The Morgan fingerprint density at radius 1 is 1.27 bits per heavy atom. The van der Waals surface area contributed by atoms with Crippen LogP contribution in [0.5, 0.6) is 0 Å². The zero-order chi connectivity index (χ0) is 11.6. The van der Waals surface area contributed by atoms with Crippen LogP contribution < -0.4 is 0 Å². The van der Waals surface area contributed by atoms with E-state index in [0.29, 0.717) is 18.1 Å². The second-order valence-electron chi connectivity index (χ2n) is 3.19. The summed E-state index contributed by atoms with van der Waals surface area (Å²) >= 11 is 0. The maximum atomic E-state index is 12.9. The van der Waals surface area contributed by atoms with Gasteiger partial charge in [0.1, 0.15) is 5.82 Å². The van der Waals surface area contributed by atoms with Gasteiger partial charge in [0.15, 0.2) is 6.10 Å². The number of alkyl halides is 3. The molecule has 1 atom stereocenters. The standard InChI is InChI=1S/C10H10F4O/c1-2-6-3-7(5-8(11)4-6)9(15)10(12,13)14/h3-5,9,15H,2H2,1H3. The topological polar surface area (TPSA) is 20.2 Å². The number of aliphatic hydroxyl groups excluding tert-OH is 1. The van der Waals surface area contributed by atoms with Crippen LogP contribution in [0.25, 0.3) is 0 Å². The molecular weight excluding hydrogens is 212 g/mol. The number of aliphatic hydroxyl groups is 1. The first-order chi connectivity index (χ1) is 6.84. The second-order valence-corrected chi connectivity index (χ2v) is 3.19. The smallest absolute Gasteiger partial charge is 0.379 e. The quantitative estimate of drug-likeness (QED) is 0.762. The zero-order valence-electron chi connectivity index (χ0n) is 7.98. The first-order valence-corrected chi connectivity index (χ1v) is 4.38. The van der Waals surface area contributed by atoms with Crippen molar-refractivity contribution < 1.29 is 22.7 Å². The highest BCUT2D eigenvalue weighted by Gasteiger charge is 2.39. The van der Waals surface area contributed by atoms with Crippen LogP contribution in [0.15, 0.2) is 18.2 Å². The summed E-state index contributed by atoms with van der Waals surface area (Å²) in [6.45, 7) is 1.69. The summed E-state index contributed by atoms with van der Waals surface area (Å²) in [4.78, 5) is 0. The minimum absolute atomic E-state index is 0.412. The van der Waals surface area contributed by atoms with Crippen molar-refractivity contribution in [1.29, 1.82) is 0 Å². The molecule has 0 fully saturated rings. The Morgan fingerprint density at radius 3 is 2.33 bits per heavy atom. The van der Waals surface area contributed by atoms with E-state index in [4.69, 9.17) is 5.11 Å². The molecule has 0 saturated heterocycles. The van der Waals surface area contributed by atoms with Gasteiger partial charge in [0.25, 0.3) is 0 Å². The SMILES string of the molecule is CCc1cc(F)cc(C(O)C(F)(F)F)c1. The van der Waals surface area contributed by atoms with E-state index >= 15 is 0 Å². The van der Waals surface area contributed by atoms with Crippen LogP contribution in [-0.2, 0) is 6.42 Å². The first-order valence-electron chi connectivity index (χ1n) is 4.38. The molecule has 0 spiro atoms. The van der Waals surface area contributed by atoms with E-state index in [1.54, 1.807) is 6.92 Å². The molecule has 1 aromatic carbocycles. The molecule has 15 heavy (non-hydrogen) atoms. The van der Waals surface area contributed by atoms with Crippen molar-refractivity contribution in [2.24, 2.45) is 0 Å². The van der Waals surface area contributed by atoms with E-state index in [9.17, 15) is 17.6 Å². The first kappa shape index (κ1) is 12.0. The molecule has 1 aromatic rings. The molecule has 1 unspecified atom stereocenters.